The number of carbonyl (C=O) groups is 2. The third-order valence-corrected chi connectivity index (χ3v) is 10.0. The number of halogens is 3. The summed E-state index contributed by atoms with van der Waals surface area (Å²) in [4.78, 5) is 29.8. The summed E-state index contributed by atoms with van der Waals surface area (Å²) in [5.74, 6) is -0.740. The molecule has 4 aromatic carbocycles. The van der Waals surface area contributed by atoms with E-state index in [1.807, 2.05) is 44.2 Å². The van der Waals surface area contributed by atoms with Gasteiger partial charge in [0, 0.05) is 24.0 Å². The minimum atomic E-state index is -4.19. The van der Waals surface area contributed by atoms with Crippen LogP contribution in [-0.4, -0.2) is 44.3 Å². The molecule has 0 radical (unpaired) electrons. The Labute approximate surface area is 283 Å². The second-order valence-electron chi connectivity index (χ2n) is 10.9. The van der Waals surface area contributed by atoms with Crippen molar-refractivity contribution < 1.29 is 18.0 Å². The molecule has 0 bridgehead atoms. The molecule has 2 amide bonds. The summed E-state index contributed by atoms with van der Waals surface area (Å²) in [5, 5.41) is 3.62. The molecule has 0 aliphatic rings. The Balaban J connectivity index is 1.81. The zero-order valence-electron chi connectivity index (χ0n) is 24.9. The van der Waals surface area contributed by atoms with Gasteiger partial charge in [-0.25, -0.2) is 8.42 Å². The van der Waals surface area contributed by atoms with Gasteiger partial charge in [-0.2, -0.15) is 0 Å². The topological polar surface area (TPSA) is 86.8 Å². The van der Waals surface area contributed by atoms with Crippen molar-refractivity contribution in [2.75, 3.05) is 17.4 Å². The van der Waals surface area contributed by atoms with E-state index in [4.69, 9.17) is 23.2 Å². The third-order valence-electron chi connectivity index (χ3n) is 7.00. The minimum absolute atomic E-state index is 0.0139. The molecule has 0 unspecified atom stereocenters. The van der Waals surface area contributed by atoms with Crippen molar-refractivity contribution in [1.82, 2.24) is 10.2 Å². The highest BCUT2D eigenvalue weighted by molar-refractivity contribution is 9.10. The van der Waals surface area contributed by atoms with Gasteiger partial charge in [0.15, 0.2) is 0 Å². The maximum atomic E-state index is 14.5. The predicted molar refractivity (Wildman–Crippen MR) is 184 cm³/mol. The minimum Gasteiger partial charge on any atom is -0.354 e. The maximum Gasteiger partial charge on any atom is 0.264 e. The summed E-state index contributed by atoms with van der Waals surface area (Å²) in [6.45, 7) is 3.80. The first-order valence-electron chi connectivity index (χ1n) is 14.3. The van der Waals surface area contributed by atoms with Crippen molar-refractivity contribution in [3.05, 3.63) is 129 Å². The third kappa shape index (κ3) is 9.33. The van der Waals surface area contributed by atoms with E-state index in [0.717, 1.165) is 9.87 Å². The Morgan fingerprint density at radius 2 is 1.49 bits per heavy atom. The lowest BCUT2D eigenvalue weighted by molar-refractivity contribution is -0.140. The molecule has 1 N–H and O–H groups in total. The van der Waals surface area contributed by atoms with Crippen molar-refractivity contribution in [3.63, 3.8) is 0 Å². The first-order valence-corrected chi connectivity index (χ1v) is 17.3. The van der Waals surface area contributed by atoms with Gasteiger partial charge >= 0.3 is 0 Å². The number of sulfonamides is 1. The lowest BCUT2D eigenvalue weighted by Crippen LogP contribution is -2.53. The van der Waals surface area contributed by atoms with Gasteiger partial charge in [-0.05, 0) is 59.5 Å². The zero-order chi connectivity index (χ0) is 32.6. The highest BCUT2D eigenvalue weighted by Gasteiger charge is 2.34. The SMILES string of the molecule is CC(C)CNC(=O)[C@@H](Cc1ccccc1)N(Cc1ccc(Cl)c(Cl)c1)C(=O)CN(c1cccc(Br)c1)S(=O)(=O)c1ccccc1. The van der Waals surface area contributed by atoms with Gasteiger partial charge in [-0.15, -0.1) is 0 Å². The largest absolute Gasteiger partial charge is 0.354 e. The van der Waals surface area contributed by atoms with Crippen LogP contribution in [-0.2, 0) is 32.6 Å². The molecule has 0 saturated carbocycles. The second-order valence-corrected chi connectivity index (χ2v) is 14.5. The van der Waals surface area contributed by atoms with Gasteiger partial charge in [0.1, 0.15) is 12.6 Å². The average molecular weight is 732 g/mol. The molecule has 0 aromatic heterocycles. The van der Waals surface area contributed by atoms with Crippen molar-refractivity contribution >= 4 is 66.7 Å². The van der Waals surface area contributed by atoms with Crippen LogP contribution in [0.25, 0.3) is 0 Å². The van der Waals surface area contributed by atoms with E-state index in [9.17, 15) is 18.0 Å². The van der Waals surface area contributed by atoms with E-state index in [-0.39, 0.29) is 29.7 Å². The van der Waals surface area contributed by atoms with Crippen LogP contribution in [0.3, 0.4) is 0 Å². The Kier molecular flexibility index (Phi) is 12.1. The predicted octanol–water partition coefficient (Wildman–Crippen LogP) is 7.36. The Morgan fingerprint density at radius 3 is 2.11 bits per heavy atom. The van der Waals surface area contributed by atoms with E-state index in [0.29, 0.717) is 32.3 Å². The van der Waals surface area contributed by atoms with Crippen LogP contribution in [0.1, 0.15) is 25.0 Å². The van der Waals surface area contributed by atoms with E-state index in [1.54, 1.807) is 60.7 Å². The van der Waals surface area contributed by atoms with E-state index in [1.165, 1.54) is 17.0 Å². The fourth-order valence-corrected chi connectivity index (χ4v) is 6.83. The summed E-state index contributed by atoms with van der Waals surface area (Å²) in [6, 6.07) is 28.1. The molecule has 0 fully saturated rings. The van der Waals surface area contributed by atoms with Crippen molar-refractivity contribution in [1.29, 1.82) is 0 Å². The van der Waals surface area contributed by atoms with Gasteiger partial charge in [0.2, 0.25) is 11.8 Å². The van der Waals surface area contributed by atoms with Crippen LogP contribution in [0.2, 0.25) is 10.0 Å². The van der Waals surface area contributed by atoms with Gasteiger partial charge in [0.05, 0.1) is 20.6 Å². The number of amides is 2. The molecule has 0 saturated heterocycles. The number of hydrogen-bond donors (Lipinski definition) is 1. The van der Waals surface area contributed by atoms with Crippen LogP contribution < -0.4 is 9.62 Å². The summed E-state index contributed by atoms with van der Waals surface area (Å²) in [6.07, 6.45) is 0.208. The molecule has 4 aromatic rings. The summed E-state index contributed by atoms with van der Waals surface area (Å²) >= 11 is 15.9. The van der Waals surface area contributed by atoms with Crippen LogP contribution in [0.15, 0.2) is 112 Å². The first-order chi connectivity index (χ1) is 21.5. The highest BCUT2D eigenvalue weighted by Crippen LogP contribution is 2.28. The molecule has 1 atom stereocenters. The molecule has 0 heterocycles. The Bertz CT molecular complexity index is 1720. The number of rotatable bonds is 13. The number of nitrogens with one attached hydrogen (secondary N) is 1. The van der Waals surface area contributed by atoms with Gasteiger partial charge in [-0.3, -0.25) is 13.9 Å². The summed E-state index contributed by atoms with van der Waals surface area (Å²) in [5.41, 5.74) is 1.77. The lowest BCUT2D eigenvalue weighted by Gasteiger charge is -2.34. The van der Waals surface area contributed by atoms with Gasteiger partial charge in [0.25, 0.3) is 10.0 Å². The summed E-state index contributed by atoms with van der Waals surface area (Å²) in [7, 11) is -4.19. The average Bonchev–Trinajstić information content (AvgIpc) is 3.02. The monoisotopic (exact) mass is 729 g/mol. The molecule has 45 heavy (non-hydrogen) atoms. The Hall–Kier alpha value is -3.37. The van der Waals surface area contributed by atoms with E-state index < -0.39 is 28.5 Å². The fourth-order valence-electron chi connectivity index (χ4n) is 4.69. The number of nitrogens with zero attached hydrogens (tertiary/aromatic N) is 2. The van der Waals surface area contributed by atoms with Crippen LogP contribution in [0.4, 0.5) is 5.69 Å². The van der Waals surface area contributed by atoms with Crippen LogP contribution in [0, 0.1) is 5.92 Å². The first kappa shape index (κ1) is 34.5. The molecule has 0 aliphatic heterocycles. The van der Waals surface area contributed by atoms with E-state index in [2.05, 4.69) is 21.2 Å². The Morgan fingerprint density at radius 1 is 0.822 bits per heavy atom. The van der Waals surface area contributed by atoms with Crippen molar-refractivity contribution in [2.45, 2.75) is 37.8 Å². The van der Waals surface area contributed by atoms with E-state index >= 15 is 0 Å². The zero-order valence-corrected chi connectivity index (χ0v) is 28.8. The molecular weight excluding hydrogens is 697 g/mol. The maximum absolute atomic E-state index is 14.5. The van der Waals surface area contributed by atoms with Gasteiger partial charge < -0.3 is 10.2 Å². The van der Waals surface area contributed by atoms with Crippen LogP contribution >= 0.6 is 39.1 Å². The molecular formula is C34H34BrCl2N3O4S. The normalized spacial score (nSPS) is 12.0. The van der Waals surface area contributed by atoms with Crippen molar-refractivity contribution in [2.24, 2.45) is 5.92 Å². The molecule has 0 aliphatic carbocycles. The second kappa shape index (κ2) is 15.8. The standard InChI is InChI=1S/C34H34BrCl2N3O4S/c1-24(2)21-38-34(42)32(19-25-10-5-3-6-11-25)39(22-26-16-17-30(36)31(37)18-26)33(41)23-40(28-13-9-12-27(35)20-28)45(43,44)29-14-7-4-8-15-29/h3-18,20,24,32H,19,21-23H2,1-2H3,(H,38,42)/t32-/m1/s1. The molecule has 7 nitrogen and oxygen atoms in total. The number of anilines is 1. The smallest absolute Gasteiger partial charge is 0.264 e. The molecule has 236 valence electrons. The number of benzene rings is 4. The van der Waals surface area contributed by atoms with Crippen LogP contribution in [0.5, 0.6) is 0 Å². The number of carbonyl (C=O) groups excluding carboxylic acids is 2. The highest BCUT2D eigenvalue weighted by atomic mass is 79.9. The lowest BCUT2D eigenvalue weighted by atomic mass is 10.0. The number of hydrogen-bond acceptors (Lipinski definition) is 4. The molecule has 4 rings (SSSR count). The fraction of sp³-hybridized carbons (Fsp3) is 0.235. The molecule has 11 heteroatoms. The molecule has 0 spiro atoms. The summed E-state index contributed by atoms with van der Waals surface area (Å²) < 4.78 is 29.8. The van der Waals surface area contributed by atoms with Crippen molar-refractivity contribution in [3.8, 4) is 0 Å². The van der Waals surface area contributed by atoms with Gasteiger partial charge in [-0.1, -0.05) is 114 Å². The quantitative estimate of drug-likeness (QED) is 0.156.